The predicted octanol–water partition coefficient (Wildman–Crippen LogP) is 2.75. The highest BCUT2D eigenvalue weighted by molar-refractivity contribution is 7.80. The Morgan fingerprint density at radius 2 is 1.95 bits per heavy atom. The van der Waals surface area contributed by atoms with E-state index in [1.165, 1.54) is 12.3 Å². The van der Waals surface area contributed by atoms with Crippen molar-refractivity contribution in [2.45, 2.75) is 38.9 Å². The number of rotatable bonds is 3. The van der Waals surface area contributed by atoms with Crippen molar-refractivity contribution in [3.8, 4) is 0 Å². The van der Waals surface area contributed by atoms with Crippen LogP contribution in [0.1, 0.15) is 33.3 Å². The first-order chi connectivity index (χ1) is 9.66. The fraction of sp³-hybridized carbons (Fsp3) is 0.500. The number of halogens is 1. The van der Waals surface area contributed by atoms with Gasteiger partial charge in [0.2, 0.25) is 0 Å². The highest BCUT2D eigenvalue weighted by Crippen LogP contribution is 2.39. The Labute approximate surface area is 130 Å². The van der Waals surface area contributed by atoms with Gasteiger partial charge in [0.1, 0.15) is 0 Å². The standard InChI is InChI=1S/C14H20BFN2O2S/c1-13(2)14(3,4)20-15(19-13)10(8-21)5-9-6-11(16)12(17)18-7-9/h5-7,21H,8H2,1-4H3,(H2,17,18). The van der Waals surface area contributed by atoms with Crippen molar-refractivity contribution in [1.29, 1.82) is 0 Å². The number of anilines is 1. The Morgan fingerprint density at radius 1 is 1.38 bits per heavy atom. The number of hydrogen-bond acceptors (Lipinski definition) is 5. The lowest BCUT2D eigenvalue weighted by Gasteiger charge is -2.32. The molecule has 0 bridgehead atoms. The van der Waals surface area contributed by atoms with Crippen molar-refractivity contribution in [2.75, 3.05) is 11.5 Å². The van der Waals surface area contributed by atoms with Crippen LogP contribution in [0.15, 0.2) is 17.7 Å². The summed E-state index contributed by atoms with van der Waals surface area (Å²) in [5, 5.41) is 0. The molecule has 1 aliphatic rings. The molecule has 1 aromatic heterocycles. The molecule has 1 aliphatic heterocycles. The minimum Gasteiger partial charge on any atom is -0.400 e. The van der Waals surface area contributed by atoms with E-state index >= 15 is 0 Å². The molecule has 2 rings (SSSR count). The van der Waals surface area contributed by atoms with Crippen LogP contribution in [0.2, 0.25) is 0 Å². The van der Waals surface area contributed by atoms with Crippen molar-refractivity contribution >= 4 is 31.6 Å². The van der Waals surface area contributed by atoms with E-state index in [4.69, 9.17) is 15.0 Å². The van der Waals surface area contributed by atoms with Gasteiger partial charge >= 0.3 is 7.12 Å². The molecule has 0 amide bonds. The van der Waals surface area contributed by atoms with Crippen LogP contribution in [0, 0.1) is 5.82 Å². The third-order valence-electron chi connectivity index (χ3n) is 3.98. The second kappa shape index (κ2) is 5.63. The summed E-state index contributed by atoms with van der Waals surface area (Å²) in [5.74, 6) is -0.227. The first kappa shape index (κ1) is 16.3. The topological polar surface area (TPSA) is 57.4 Å². The van der Waals surface area contributed by atoms with E-state index in [9.17, 15) is 4.39 Å². The Bertz CT molecular complexity index is 562. The van der Waals surface area contributed by atoms with Crippen LogP contribution < -0.4 is 5.73 Å². The minimum atomic E-state index is -0.545. The molecule has 114 valence electrons. The van der Waals surface area contributed by atoms with Crippen LogP contribution >= 0.6 is 12.6 Å². The molecular weight excluding hydrogens is 290 g/mol. The monoisotopic (exact) mass is 310 g/mol. The molecule has 4 nitrogen and oxygen atoms in total. The largest absolute Gasteiger partial charge is 0.491 e. The lowest BCUT2D eigenvalue weighted by Crippen LogP contribution is -2.41. The predicted molar refractivity (Wildman–Crippen MR) is 86.5 cm³/mol. The molecule has 21 heavy (non-hydrogen) atoms. The SMILES string of the molecule is CC1(C)OB(C(=Cc2cnc(N)c(F)c2)CS)OC1(C)C. The first-order valence-electron chi connectivity index (χ1n) is 6.74. The van der Waals surface area contributed by atoms with Gasteiger partial charge in [0, 0.05) is 11.9 Å². The minimum absolute atomic E-state index is 0.116. The average Bonchev–Trinajstić information content (AvgIpc) is 2.59. The summed E-state index contributed by atoms with van der Waals surface area (Å²) in [6, 6.07) is 1.33. The zero-order chi connectivity index (χ0) is 15.8. The lowest BCUT2D eigenvalue weighted by molar-refractivity contribution is 0.00578. The molecule has 1 saturated heterocycles. The van der Waals surface area contributed by atoms with Gasteiger partial charge in [-0.25, -0.2) is 9.37 Å². The molecule has 0 aliphatic carbocycles. The molecule has 0 atom stereocenters. The summed E-state index contributed by atoms with van der Waals surface area (Å²) in [7, 11) is -0.506. The number of nitrogens with two attached hydrogens (primary N) is 1. The zero-order valence-corrected chi connectivity index (χ0v) is 13.6. The maximum atomic E-state index is 13.5. The second-order valence-electron chi connectivity index (χ2n) is 6.10. The van der Waals surface area contributed by atoms with Crippen molar-refractivity contribution < 1.29 is 13.7 Å². The normalized spacial score (nSPS) is 20.9. The summed E-state index contributed by atoms with van der Waals surface area (Å²) in [4.78, 5) is 3.80. The van der Waals surface area contributed by atoms with E-state index in [1.807, 2.05) is 27.7 Å². The fourth-order valence-corrected chi connectivity index (χ4v) is 2.18. The summed E-state index contributed by atoms with van der Waals surface area (Å²) >= 11 is 4.31. The second-order valence-corrected chi connectivity index (χ2v) is 6.42. The van der Waals surface area contributed by atoms with Gasteiger partial charge in [-0.3, -0.25) is 0 Å². The molecule has 0 aromatic carbocycles. The highest BCUT2D eigenvalue weighted by Gasteiger charge is 2.52. The van der Waals surface area contributed by atoms with E-state index < -0.39 is 24.1 Å². The number of nitrogens with zero attached hydrogens (tertiary/aromatic N) is 1. The van der Waals surface area contributed by atoms with Crippen molar-refractivity contribution in [2.24, 2.45) is 0 Å². The van der Waals surface area contributed by atoms with Crippen LogP contribution in [0.25, 0.3) is 6.08 Å². The average molecular weight is 310 g/mol. The van der Waals surface area contributed by atoms with Gasteiger partial charge in [0.25, 0.3) is 0 Å². The van der Waals surface area contributed by atoms with Crippen LogP contribution in [0.3, 0.4) is 0 Å². The molecule has 7 heteroatoms. The molecular formula is C14H20BFN2O2S. The molecule has 1 fully saturated rings. The molecule has 2 N–H and O–H groups in total. The van der Waals surface area contributed by atoms with E-state index in [0.717, 1.165) is 5.47 Å². The van der Waals surface area contributed by atoms with E-state index in [-0.39, 0.29) is 5.82 Å². The molecule has 0 unspecified atom stereocenters. The third-order valence-corrected chi connectivity index (χ3v) is 4.35. The Hall–Kier alpha value is -1.05. The molecule has 1 aromatic rings. The maximum absolute atomic E-state index is 13.5. The number of thiol groups is 1. The molecule has 0 saturated carbocycles. The van der Waals surface area contributed by atoms with E-state index in [0.29, 0.717) is 11.3 Å². The van der Waals surface area contributed by atoms with Gasteiger partial charge in [0.15, 0.2) is 11.6 Å². The number of aromatic nitrogens is 1. The van der Waals surface area contributed by atoms with Gasteiger partial charge in [-0.15, -0.1) is 0 Å². The van der Waals surface area contributed by atoms with Crippen molar-refractivity contribution in [3.05, 3.63) is 29.1 Å². The fourth-order valence-electron chi connectivity index (χ4n) is 1.94. The third kappa shape index (κ3) is 3.25. The van der Waals surface area contributed by atoms with Gasteiger partial charge in [-0.05, 0) is 44.8 Å². The van der Waals surface area contributed by atoms with E-state index in [1.54, 1.807) is 6.08 Å². The Kier molecular flexibility index (Phi) is 4.37. The summed E-state index contributed by atoms with van der Waals surface area (Å²) in [5.41, 5.74) is 5.93. The smallest absolute Gasteiger partial charge is 0.400 e. The summed E-state index contributed by atoms with van der Waals surface area (Å²) in [6.07, 6.45) is 3.28. The van der Waals surface area contributed by atoms with Crippen LogP contribution in [0.5, 0.6) is 0 Å². The van der Waals surface area contributed by atoms with Crippen LogP contribution in [-0.4, -0.2) is 29.1 Å². The lowest BCUT2D eigenvalue weighted by atomic mass is 9.78. The quantitative estimate of drug-likeness (QED) is 0.666. The van der Waals surface area contributed by atoms with Crippen molar-refractivity contribution in [3.63, 3.8) is 0 Å². The number of hydrogen-bond donors (Lipinski definition) is 2. The van der Waals surface area contributed by atoms with Crippen molar-refractivity contribution in [1.82, 2.24) is 4.98 Å². The molecule has 2 heterocycles. The maximum Gasteiger partial charge on any atom is 0.491 e. The highest BCUT2D eigenvalue weighted by atomic mass is 32.1. The number of nitrogen functional groups attached to an aromatic ring is 1. The van der Waals surface area contributed by atoms with Crippen LogP contribution in [-0.2, 0) is 9.31 Å². The summed E-state index contributed by atoms with van der Waals surface area (Å²) in [6.45, 7) is 7.92. The van der Waals surface area contributed by atoms with Gasteiger partial charge in [-0.2, -0.15) is 12.6 Å². The molecule has 0 spiro atoms. The van der Waals surface area contributed by atoms with Gasteiger partial charge < -0.3 is 15.0 Å². The first-order valence-corrected chi connectivity index (χ1v) is 7.37. The number of pyridine rings is 1. The molecule has 0 radical (unpaired) electrons. The van der Waals surface area contributed by atoms with Gasteiger partial charge in [-0.1, -0.05) is 6.08 Å². The van der Waals surface area contributed by atoms with E-state index in [2.05, 4.69) is 17.6 Å². The zero-order valence-electron chi connectivity index (χ0n) is 12.7. The Balaban J connectivity index is 2.28. The Morgan fingerprint density at radius 3 is 2.43 bits per heavy atom. The summed E-state index contributed by atoms with van der Waals surface area (Å²) < 4.78 is 25.4. The van der Waals surface area contributed by atoms with Crippen LogP contribution in [0.4, 0.5) is 10.2 Å². The van der Waals surface area contributed by atoms with Gasteiger partial charge in [0.05, 0.1) is 11.2 Å².